The Balaban J connectivity index is 1.61. The van der Waals surface area contributed by atoms with Crippen LogP contribution in [0.1, 0.15) is 45.1 Å². The minimum Gasteiger partial charge on any atom is -0.379 e. The molecule has 2 N–H and O–H groups in total. The molecule has 1 heterocycles. The van der Waals surface area contributed by atoms with Crippen molar-refractivity contribution in [1.82, 2.24) is 10.6 Å². The number of benzene rings is 1. The fraction of sp³-hybridized carbons (Fsp3) is 0.667. The molecule has 0 aliphatic carbocycles. The van der Waals surface area contributed by atoms with Crippen LogP contribution in [0.15, 0.2) is 35.3 Å². The van der Waals surface area contributed by atoms with Gasteiger partial charge in [-0.25, -0.2) is 0 Å². The van der Waals surface area contributed by atoms with E-state index in [4.69, 9.17) is 9.47 Å². The van der Waals surface area contributed by atoms with E-state index < -0.39 is 0 Å². The molecule has 2 atom stereocenters. The maximum atomic E-state index is 5.69. The van der Waals surface area contributed by atoms with Crippen molar-refractivity contribution < 1.29 is 9.47 Å². The van der Waals surface area contributed by atoms with E-state index in [2.05, 4.69) is 59.8 Å². The molecule has 0 radical (unpaired) electrons. The Morgan fingerprint density at radius 3 is 2.92 bits per heavy atom. The number of ether oxygens (including phenoxy) is 2. The monoisotopic (exact) mass is 361 g/mol. The third-order valence-electron chi connectivity index (χ3n) is 4.48. The van der Waals surface area contributed by atoms with Crippen molar-refractivity contribution in [2.24, 2.45) is 4.99 Å². The first-order chi connectivity index (χ1) is 12.8. The van der Waals surface area contributed by atoms with Gasteiger partial charge in [0.1, 0.15) is 0 Å². The highest BCUT2D eigenvalue weighted by atomic mass is 16.5. The predicted octanol–water partition coefficient (Wildman–Crippen LogP) is 3.15. The van der Waals surface area contributed by atoms with Gasteiger partial charge in [0.15, 0.2) is 5.96 Å². The summed E-state index contributed by atoms with van der Waals surface area (Å²) in [4.78, 5) is 4.66. The standard InChI is InChI=1S/C21H35N3O2/c1-3-22-21(23-14-8-15-25-17-20-11-7-16-26-20)24-18(2)12-13-19-9-5-4-6-10-19/h4-6,9-10,18,20H,3,7-8,11-17H2,1-2H3,(H2,22,23,24). The molecular formula is C21H35N3O2. The zero-order valence-corrected chi connectivity index (χ0v) is 16.4. The normalized spacial score (nSPS) is 18.7. The second-order valence-corrected chi connectivity index (χ2v) is 6.89. The highest BCUT2D eigenvalue weighted by molar-refractivity contribution is 5.80. The number of aliphatic imine (C=N–C) groups is 1. The van der Waals surface area contributed by atoms with Gasteiger partial charge in [-0.2, -0.15) is 0 Å². The number of hydrogen-bond donors (Lipinski definition) is 2. The van der Waals surface area contributed by atoms with Gasteiger partial charge in [-0.1, -0.05) is 30.3 Å². The molecule has 0 saturated carbocycles. The highest BCUT2D eigenvalue weighted by Gasteiger charge is 2.14. The molecule has 1 saturated heterocycles. The summed E-state index contributed by atoms with van der Waals surface area (Å²) in [5.41, 5.74) is 1.38. The minimum absolute atomic E-state index is 0.308. The number of aryl methyl sites for hydroxylation is 1. The van der Waals surface area contributed by atoms with Crippen LogP contribution in [0.4, 0.5) is 0 Å². The quantitative estimate of drug-likeness (QED) is 0.361. The van der Waals surface area contributed by atoms with Gasteiger partial charge < -0.3 is 20.1 Å². The molecule has 0 bridgehead atoms. The lowest BCUT2D eigenvalue weighted by atomic mass is 10.1. The molecule has 0 amide bonds. The Morgan fingerprint density at radius 2 is 2.19 bits per heavy atom. The molecule has 1 aromatic carbocycles. The Labute approximate surface area is 158 Å². The fourth-order valence-electron chi connectivity index (χ4n) is 3.00. The Morgan fingerprint density at radius 1 is 1.35 bits per heavy atom. The van der Waals surface area contributed by atoms with Gasteiger partial charge in [0, 0.05) is 32.3 Å². The molecule has 1 aliphatic heterocycles. The molecule has 26 heavy (non-hydrogen) atoms. The largest absolute Gasteiger partial charge is 0.379 e. The van der Waals surface area contributed by atoms with E-state index in [1.807, 2.05) is 0 Å². The zero-order valence-electron chi connectivity index (χ0n) is 16.4. The van der Waals surface area contributed by atoms with Crippen molar-refractivity contribution in [3.05, 3.63) is 35.9 Å². The maximum absolute atomic E-state index is 5.69. The fourth-order valence-corrected chi connectivity index (χ4v) is 3.00. The number of nitrogens with zero attached hydrogens (tertiary/aromatic N) is 1. The van der Waals surface area contributed by atoms with E-state index in [1.54, 1.807) is 0 Å². The van der Waals surface area contributed by atoms with Crippen molar-refractivity contribution in [2.45, 2.75) is 58.1 Å². The van der Waals surface area contributed by atoms with Gasteiger partial charge in [-0.15, -0.1) is 0 Å². The van der Waals surface area contributed by atoms with Crippen LogP contribution in [0, 0.1) is 0 Å². The lowest BCUT2D eigenvalue weighted by Gasteiger charge is -2.18. The Bertz CT molecular complexity index is 501. The van der Waals surface area contributed by atoms with Crippen molar-refractivity contribution >= 4 is 5.96 Å². The molecule has 5 nitrogen and oxygen atoms in total. The second kappa shape index (κ2) is 12.7. The zero-order chi connectivity index (χ0) is 18.5. The van der Waals surface area contributed by atoms with Gasteiger partial charge in [0.05, 0.1) is 12.7 Å². The topological polar surface area (TPSA) is 54.9 Å². The first kappa shape index (κ1) is 20.7. The summed E-state index contributed by atoms with van der Waals surface area (Å²) in [7, 11) is 0. The van der Waals surface area contributed by atoms with E-state index in [0.717, 1.165) is 64.6 Å². The lowest BCUT2D eigenvalue weighted by molar-refractivity contribution is 0.0171. The van der Waals surface area contributed by atoms with Crippen LogP contribution in [0.25, 0.3) is 0 Å². The molecule has 2 rings (SSSR count). The SMILES string of the molecule is CCNC(=NCCCOCC1CCCO1)NC(C)CCc1ccccc1. The number of guanidine groups is 1. The van der Waals surface area contributed by atoms with Crippen molar-refractivity contribution in [2.75, 3.05) is 32.9 Å². The molecular weight excluding hydrogens is 326 g/mol. The number of nitrogens with one attached hydrogen (secondary N) is 2. The first-order valence-corrected chi connectivity index (χ1v) is 10.1. The van der Waals surface area contributed by atoms with E-state index in [0.29, 0.717) is 12.1 Å². The van der Waals surface area contributed by atoms with Crippen LogP contribution in [-0.4, -0.2) is 51.0 Å². The van der Waals surface area contributed by atoms with E-state index >= 15 is 0 Å². The third-order valence-corrected chi connectivity index (χ3v) is 4.48. The molecule has 146 valence electrons. The number of hydrogen-bond acceptors (Lipinski definition) is 3. The van der Waals surface area contributed by atoms with Crippen LogP contribution in [-0.2, 0) is 15.9 Å². The summed E-state index contributed by atoms with van der Waals surface area (Å²) in [6.45, 7) is 8.29. The molecule has 1 aromatic rings. The smallest absolute Gasteiger partial charge is 0.191 e. The Kier molecular flexibility index (Phi) is 10.1. The van der Waals surface area contributed by atoms with Crippen LogP contribution < -0.4 is 10.6 Å². The van der Waals surface area contributed by atoms with Gasteiger partial charge in [-0.05, 0) is 51.5 Å². The lowest BCUT2D eigenvalue weighted by Crippen LogP contribution is -2.42. The summed E-state index contributed by atoms with van der Waals surface area (Å²) < 4.78 is 11.2. The van der Waals surface area contributed by atoms with Crippen molar-refractivity contribution in [3.8, 4) is 0 Å². The molecule has 2 unspecified atom stereocenters. The predicted molar refractivity (Wildman–Crippen MR) is 108 cm³/mol. The summed E-state index contributed by atoms with van der Waals surface area (Å²) in [5.74, 6) is 0.896. The molecule has 1 aliphatic rings. The van der Waals surface area contributed by atoms with Crippen LogP contribution >= 0.6 is 0 Å². The molecule has 1 fully saturated rings. The summed E-state index contributed by atoms with van der Waals surface area (Å²) in [5, 5.41) is 6.83. The Hall–Kier alpha value is -1.59. The van der Waals surface area contributed by atoms with E-state index in [1.165, 1.54) is 12.0 Å². The average molecular weight is 362 g/mol. The number of rotatable bonds is 11. The van der Waals surface area contributed by atoms with Crippen LogP contribution in [0.3, 0.4) is 0 Å². The van der Waals surface area contributed by atoms with Crippen molar-refractivity contribution in [1.29, 1.82) is 0 Å². The van der Waals surface area contributed by atoms with E-state index in [9.17, 15) is 0 Å². The average Bonchev–Trinajstić information content (AvgIpc) is 3.17. The van der Waals surface area contributed by atoms with Gasteiger partial charge in [-0.3, -0.25) is 4.99 Å². The summed E-state index contributed by atoms with van der Waals surface area (Å²) in [6, 6.07) is 11.0. The molecule has 0 aromatic heterocycles. The van der Waals surface area contributed by atoms with Gasteiger partial charge >= 0.3 is 0 Å². The molecule has 0 spiro atoms. The van der Waals surface area contributed by atoms with E-state index in [-0.39, 0.29) is 0 Å². The summed E-state index contributed by atoms with van der Waals surface area (Å²) >= 11 is 0. The maximum Gasteiger partial charge on any atom is 0.191 e. The third kappa shape index (κ3) is 8.68. The highest BCUT2D eigenvalue weighted by Crippen LogP contribution is 2.11. The summed E-state index contributed by atoms with van der Waals surface area (Å²) in [6.07, 6.45) is 5.70. The first-order valence-electron chi connectivity index (χ1n) is 10.1. The van der Waals surface area contributed by atoms with Gasteiger partial charge in [0.2, 0.25) is 0 Å². The van der Waals surface area contributed by atoms with Gasteiger partial charge in [0.25, 0.3) is 0 Å². The van der Waals surface area contributed by atoms with Crippen LogP contribution in [0.2, 0.25) is 0 Å². The minimum atomic E-state index is 0.308. The van der Waals surface area contributed by atoms with Crippen molar-refractivity contribution in [3.63, 3.8) is 0 Å². The second-order valence-electron chi connectivity index (χ2n) is 6.89. The molecule has 5 heteroatoms. The van der Waals surface area contributed by atoms with Crippen LogP contribution in [0.5, 0.6) is 0 Å².